The molecule has 1 amide bonds. The van der Waals surface area contributed by atoms with E-state index < -0.39 is 0 Å². The summed E-state index contributed by atoms with van der Waals surface area (Å²) in [7, 11) is 1.68. The van der Waals surface area contributed by atoms with Crippen LogP contribution in [0.1, 0.15) is 39.0 Å². The molecule has 3 aromatic rings. The van der Waals surface area contributed by atoms with E-state index in [-0.39, 0.29) is 11.8 Å². The van der Waals surface area contributed by atoms with Gasteiger partial charge in [0.2, 0.25) is 5.91 Å². The molecule has 6 heteroatoms. The van der Waals surface area contributed by atoms with E-state index in [1.807, 2.05) is 18.2 Å². The van der Waals surface area contributed by atoms with Crippen LogP contribution in [-0.4, -0.2) is 27.8 Å². The molecule has 0 atom stereocenters. The summed E-state index contributed by atoms with van der Waals surface area (Å²) in [5.74, 6) is 1.64. The molecule has 2 N–H and O–H groups in total. The van der Waals surface area contributed by atoms with Crippen molar-refractivity contribution in [1.29, 1.82) is 0 Å². The highest BCUT2D eigenvalue weighted by Crippen LogP contribution is 2.31. The Bertz CT molecular complexity index is 950. The highest BCUT2D eigenvalue weighted by Gasteiger charge is 2.22. The van der Waals surface area contributed by atoms with Crippen LogP contribution in [0.5, 0.6) is 5.75 Å². The van der Waals surface area contributed by atoms with Crippen LogP contribution in [0.25, 0.3) is 22.3 Å². The van der Waals surface area contributed by atoms with Gasteiger partial charge < -0.3 is 14.6 Å². The minimum Gasteiger partial charge on any atom is -0.497 e. The van der Waals surface area contributed by atoms with Gasteiger partial charge in [-0.15, -0.1) is 0 Å². The molecule has 2 aromatic heterocycles. The normalized spacial score (nSPS) is 15.2. The monoisotopic (exact) mass is 366 g/mol. The van der Waals surface area contributed by atoms with Gasteiger partial charge >= 0.3 is 0 Å². The van der Waals surface area contributed by atoms with Crippen molar-refractivity contribution in [2.24, 2.45) is 5.92 Å². The number of aryl methyl sites for hydroxylation is 1. The first kappa shape index (κ1) is 17.6. The molecule has 1 saturated carbocycles. The van der Waals surface area contributed by atoms with Crippen LogP contribution in [0.3, 0.4) is 0 Å². The van der Waals surface area contributed by atoms with Crippen molar-refractivity contribution in [1.82, 2.24) is 14.8 Å². The molecule has 0 saturated heterocycles. The minimum atomic E-state index is 0.0912. The van der Waals surface area contributed by atoms with Crippen molar-refractivity contribution in [2.45, 2.75) is 45.6 Å². The number of H-pyrrole nitrogens is 1. The predicted octanol–water partition coefficient (Wildman–Crippen LogP) is 4.58. The molecule has 0 bridgehead atoms. The Morgan fingerprint density at radius 2 is 2.07 bits per heavy atom. The maximum absolute atomic E-state index is 12.5. The lowest BCUT2D eigenvalue weighted by Gasteiger charge is -2.19. The van der Waals surface area contributed by atoms with Crippen LogP contribution in [0, 0.1) is 5.92 Å². The second kappa shape index (κ2) is 7.47. The molecular formula is C21H26N4O2. The highest BCUT2D eigenvalue weighted by molar-refractivity contribution is 5.93. The van der Waals surface area contributed by atoms with Crippen molar-refractivity contribution in [3.8, 4) is 17.1 Å². The van der Waals surface area contributed by atoms with Gasteiger partial charge in [0.25, 0.3) is 0 Å². The molecule has 6 nitrogen and oxygen atoms in total. The second-order valence-corrected chi connectivity index (χ2v) is 7.19. The number of aromatic nitrogens is 3. The standard InChI is InChI=1S/C21H26N4O2/c1-3-25-18-12-16(27-2)10-9-15(18)11-19(25)17-13-20(24-23-17)22-21(26)14-7-5-4-6-8-14/h9-14H,3-8H2,1-2H3,(H2,22,23,24,26). The van der Waals surface area contributed by atoms with Crippen LogP contribution >= 0.6 is 0 Å². The van der Waals surface area contributed by atoms with Gasteiger partial charge in [-0.3, -0.25) is 9.89 Å². The van der Waals surface area contributed by atoms with Crippen molar-refractivity contribution < 1.29 is 9.53 Å². The molecule has 0 spiro atoms. The fourth-order valence-corrected chi connectivity index (χ4v) is 4.04. The van der Waals surface area contributed by atoms with E-state index in [1.54, 1.807) is 7.11 Å². The number of rotatable bonds is 5. The third kappa shape index (κ3) is 3.44. The van der Waals surface area contributed by atoms with Crippen LogP contribution in [0.15, 0.2) is 30.3 Å². The fourth-order valence-electron chi connectivity index (χ4n) is 4.04. The Labute approximate surface area is 158 Å². The zero-order valence-electron chi connectivity index (χ0n) is 15.9. The number of amides is 1. The van der Waals surface area contributed by atoms with Gasteiger partial charge in [0.05, 0.1) is 24.0 Å². The Morgan fingerprint density at radius 3 is 2.81 bits per heavy atom. The molecule has 0 unspecified atom stereocenters. The zero-order chi connectivity index (χ0) is 18.8. The number of hydrogen-bond acceptors (Lipinski definition) is 3. The first-order valence-corrected chi connectivity index (χ1v) is 9.73. The smallest absolute Gasteiger partial charge is 0.228 e. The number of nitrogens with zero attached hydrogens (tertiary/aromatic N) is 2. The molecular weight excluding hydrogens is 340 g/mol. The van der Waals surface area contributed by atoms with Crippen LogP contribution < -0.4 is 10.1 Å². The minimum absolute atomic E-state index is 0.0912. The number of benzene rings is 1. The average molecular weight is 366 g/mol. The summed E-state index contributed by atoms with van der Waals surface area (Å²) < 4.78 is 7.58. The molecule has 4 rings (SSSR count). The van der Waals surface area contributed by atoms with Crippen molar-refractivity contribution >= 4 is 22.6 Å². The largest absolute Gasteiger partial charge is 0.497 e. The van der Waals surface area contributed by atoms with E-state index in [2.05, 4.69) is 39.1 Å². The summed E-state index contributed by atoms with van der Waals surface area (Å²) in [4.78, 5) is 12.5. The second-order valence-electron chi connectivity index (χ2n) is 7.19. The SMILES string of the molecule is CCn1c(-c2cc(NC(=O)C3CCCCC3)n[nH]2)cc2ccc(OC)cc21. The van der Waals surface area contributed by atoms with Crippen LogP contribution in [-0.2, 0) is 11.3 Å². The van der Waals surface area contributed by atoms with Crippen molar-refractivity contribution in [3.63, 3.8) is 0 Å². The van der Waals surface area contributed by atoms with E-state index in [0.29, 0.717) is 5.82 Å². The maximum Gasteiger partial charge on any atom is 0.228 e. The molecule has 0 radical (unpaired) electrons. The summed E-state index contributed by atoms with van der Waals surface area (Å²) in [6, 6.07) is 10.1. The lowest BCUT2D eigenvalue weighted by molar-refractivity contribution is -0.120. The number of fused-ring (bicyclic) bond motifs is 1. The topological polar surface area (TPSA) is 71.9 Å². The van der Waals surface area contributed by atoms with Gasteiger partial charge in [0, 0.05) is 30.0 Å². The van der Waals surface area contributed by atoms with Gasteiger partial charge in [-0.2, -0.15) is 5.10 Å². The molecule has 2 heterocycles. The summed E-state index contributed by atoms with van der Waals surface area (Å²) in [5.41, 5.74) is 3.06. The highest BCUT2D eigenvalue weighted by atomic mass is 16.5. The number of methoxy groups -OCH3 is 1. The molecule has 1 aliphatic rings. The number of hydrogen-bond donors (Lipinski definition) is 2. The number of carbonyl (C=O) groups is 1. The van der Waals surface area contributed by atoms with Gasteiger partial charge in [-0.1, -0.05) is 19.3 Å². The summed E-state index contributed by atoms with van der Waals surface area (Å²) >= 11 is 0. The van der Waals surface area contributed by atoms with E-state index in [4.69, 9.17) is 4.74 Å². The molecule has 142 valence electrons. The summed E-state index contributed by atoms with van der Waals surface area (Å²) in [6.07, 6.45) is 5.49. The van der Waals surface area contributed by atoms with Crippen molar-refractivity contribution in [3.05, 3.63) is 30.3 Å². The lowest BCUT2D eigenvalue weighted by atomic mass is 9.89. The Balaban J connectivity index is 1.60. The number of anilines is 1. The number of nitrogens with one attached hydrogen (secondary N) is 2. The lowest BCUT2D eigenvalue weighted by Crippen LogP contribution is -2.24. The van der Waals surface area contributed by atoms with Gasteiger partial charge in [0.1, 0.15) is 5.75 Å². The van der Waals surface area contributed by atoms with E-state index >= 15 is 0 Å². The van der Waals surface area contributed by atoms with Gasteiger partial charge in [-0.05, 0) is 38.0 Å². The average Bonchev–Trinajstić information content (AvgIpc) is 3.31. The quantitative estimate of drug-likeness (QED) is 0.694. The molecule has 1 aliphatic carbocycles. The third-order valence-corrected chi connectivity index (χ3v) is 5.51. The number of carbonyl (C=O) groups excluding carboxylic acids is 1. The number of ether oxygens (including phenoxy) is 1. The molecule has 1 aromatic carbocycles. The van der Waals surface area contributed by atoms with Crippen LogP contribution in [0.4, 0.5) is 5.82 Å². The van der Waals surface area contributed by atoms with Gasteiger partial charge in [0.15, 0.2) is 5.82 Å². The van der Waals surface area contributed by atoms with Crippen molar-refractivity contribution in [2.75, 3.05) is 12.4 Å². The Hall–Kier alpha value is -2.76. The Morgan fingerprint density at radius 1 is 1.26 bits per heavy atom. The van der Waals surface area contributed by atoms with Crippen LogP contribution in [0.2, 0.25) is 0 Å². The van der Waals surface area contributed by atoms with E-state index in [1.165, 1.54) is 6.42 Å². The first-order chi connectivity index (χ1) is 13.2. The first-order valence-electron chi connectivity index (χ1n) is 9.73. The predicted molar refractivity (Wildman–Crippen MR) is 107 cm³/mol. The molecule has 1 fully saturated rings. The maximum atomic E-state index is 12.5. The zero-order valence-corrected chi connectivity index (χ0v) is 15.9. The molecule has 27 heavy (non-hydrogen) atoms. The van der Waals surface area contributed by atoms with E-state index in [9.17, 15) is 4.79 Å². The summed E-state index contributed by atoms with van der Waals surface area (Å²) in [6.45, 7) is 2.94. The number of aromatic amines is 1. The Kier molecular flexibility index (Phi) is 4.88. The summed E-state index contributed by atoms with van der Waals surface area (Å²) in [5, 5.41) is 11.5. The van der Waals surface area contributed by atoms with E-state index in [0.717, 1.165) is 60.3 Å². The fraction of sp³-hybridized carbons (Fsp3) is 0.429. The van der Waals surface area contributed by atoms with Gasteiger partial charge in [-0.25, -0.2) is 0 Å². The molecule has 0 aliphatic heterocycles. The third-order valence-electron chi connectivity index (χ3n) is 5.51.